The molecular weight excluding hydrogens is 263 g/mol. The Labute approximate surface area is 121 Å². The molecule has 1 aliphatic rings. The van der Waals surface area contributed by atoms with Crippen LogP contribution in [0.15, 0.2) is 18.2 Å². The van der Waals surface area contributed by atoms with Crippen molar-refractivity contribution in [1.82, 2.24) is 4.90 Å². The zero-order chi connectivity index (χ0) is 13.0. The first kappa shape index (κ1) is 16.4. The topological polar surface area (TPSA) is 29.3 Å². The Morgan fingerprint density at radius 1 is 1.42 bits per heavy atom. The van der Waals surface area contributed by atoms with Gasteiger partial charge < -0.3 is 5.73 Å². The number of hydrogen-bond acceptors (Lipinski definition) is 2. The molecule has 1 atom stereocenters. The summed E-state index contributed by atoms with van der Waals surface area (Å²) in [5, 5.41) is 0. The van der Waals surface area contributed by atoms with Crippen LogP contribution in [0.5, 0.6) is 0 Å². The molecule has 19 heavy (non-hydrogen) atoms. The lowest BCUT2D eigenvalue weighted by molar-refractivity contribution is 0.162. The first-order valence-corrected chi connectivity index (χ1v) is 6.86. The van der Waals surface area contributed by atoms with E-state index >= 15 is 0 Å². The van der Waals surface area contributed by atoms with Crippen LogP contribution in [0.2, 0.25) is 0 Å². The van der Waals surface area contributed by atoms with E-state index in [2.05, 4.69) is 11.8 Å². The van der Waals surface area contributed by atoms with E-state index in [-0.39, 0.29) is 18.2 Å². The van der Waals surface area contributed by atoms with Crippen LogP contribution in [0.1, 0.15) is 30.4 Å². The van der Waals surface area contributed by atoms with Crippen molar-refractivity contribution in [3.05, 3.63) is 35.1 Å². The van der Waals surface area contributed by atoms with Gasteiger partial charge in [-0.15, -0.1) is 12.4 Å². The fourth-order valence-corrected chi connectivity index (χ4v) is 2.82. The third-order valence-electron chi connectivity index (χ3n) is 3.88. The lowest BCUT2D eigenvalue weighted by atomic mass is 9.94. The second-order valence-electron chi connectivity index (χ2n) is 5.39. The molecule has 0 radical (unpaired) electrons. The summed E-state index contributed by atoms with van der Waals surface area (Å²) < 4.78 is 13.3. The standard InChI is InChI=1S/C15H23FN2.ClH/c1-12-4-5-15(16)9-14(12)11-18-8-2-3-13(10-18)6-7-17;/h4-5,9,13H,2-3,6-8,10-11,17H2,1H3;1H. The molecule has 1 aromatic carbocycles. The average molecular weight is 287 g/mol. The van der Waals surface area contributed by atoms with Gasteiger partial charge in [0.1, 0.15) is 5.82 Å². The van der Waals surface area contributed by atoms with Crippen LogP contribution < -0.4 is 5.73 Å². The fourth-order valence-electron chi connectivity index (χ4n) is 2.82. The van der Waals surface area contributed by atoms with E-state index in [0.717, 1.165) is 44.1 Å². The van der Waals surface area contributed by atoms with Gasteiger partial charge in [-0.1, -0.05) is 6.07 Å². The van der Waals surface area contributed by atoms with Crippen LogP contribution in [0, 0.1) is 18.7 Å². The number of aryl methyl sites for hydroxylation is 1. The Kier molecular flexibility index (Phi) is 6.76. The molecule has 0 spiro atoms. The number of halogens is 2. The van der Waals surface area contributed by atoms with Crippen LogP contribution in [0.25, 0.3) is 0 Å². The van der Waals surface area contributed by atoms with Gasteiger partial charge in [0.05, 0.1) is 0 Å². The van der Waals surface area contributed by atoms with E-state index in [1.54, 1.807) is 6.07 Å². The third-order valence-corrected chi connectivity index (χ3v) is 3.88. The zero-order valence-corrected chi connectivity index (χ0v) is 12.4. The number of benzene rings is 1. The minimum Gasteiger partial charge on any atom is -0.330 e. The maximum atomic E-state index is 13.3. The van der Waals surface area contributed by atoms with Crippen molar-refractivity contribution in [2.24, 2.45) is 11.7 Å². The quantitative estimate of drug-likeness (QED) is 0.921. The van der Waals surface area contributed by atoms with E-state index in [1.165, 1.54) is 24.5 Å². The molecule has 0 saturated carbocycles. The van der Waals surface area contributed by atoms with Crippen LogP contribution in [0.4, 0.5) is 4.39 Å². The monoisotopic (exact) mass is 286 g/mol. The summed E-state index contributed by atoms with van der Waals surface area (Å²) in [6.07, 6.45) is 3.63. The maximum absolute atomic E-state index is 13.3. The van der Waals surface area contributed by atoms with Crippen molar-refractivity contribution >= 4 is 12.4 Å². The maximum Gasteiger partial charge on any atom is 0.123 e. The summed E-state index contributed by atoms with van der Waals surface area (Å²) in [7, 11) is 0. The summed E-state index contributed by atoms with van der Waals surface area (Å²) in [5.74, 6) is 0.587. The van der Waals surface area contributed by atoms with Crippen molar-refractivity contribution in [2.45, 2.75) is 32.7 Å². The lowest BCUT2D eigenvalue weighted by Gasteiger charge is -2.33. The zero-order valence-electron chi connectivity index (χ0n) is 11.6. The first-order valence-electron chi connectivity index (χ1n) is 6.86. The van der Waals surface area contributed by atoms with Crippen molar-refractivity contribution in [3.8, 4) is 0 Å². The molecule has 0 aromatic heterocycles. The molecule has 1 unspecified atom stereocenters. The third kappa shape index (κ3) is 4.75. The summed E-state index contributed by atoms with van der Waals surface area (Å²) in [4.78, 5) is 2.44. The van der Waals surface area contributed by atoms with Crippen LogP contribution in [-0.2, 0) is 6.54 Å². The van der Waals surface area contributed by atoms with Crippen molar-refractivity contribution < 1.29 is 4.39 Å². The molecule has 0 aliphatic carbocycles. The molecule has 2 nitrogen and oxygen atoms in total. The van der Waals surface area contributed by atoms with Gasteiger partial charge in [-0.05, 0) is 68.5 Å². The molecule has 1 aliphatic heterocycles. The van der Waals surface area contributed by atoms with E-state index in [4.69, 9.17) is 5.73 Å². The van der Waals surface area contributed by atoms with E-state index in [0.29, 0.717) is 0 Å². The Bertz CT molecular complexity index is 396. The lowest BCUT2D eigenvalue weighted by Crippen LogP contribution is -2.35. The molecule has 0 bridgehead atoms. The molecule has 0 amide bonds. The average Bonchev–Trinajstić information content (AvgIpc) is 2.35. The number of nitrogens with zero attached hydrogens (tertiary/aromatic N) is 1. The highest BCUT2D eigenvalue weighted by Gasteiger charge is 2.19. The molecule has 1 heterocycles. The minimum absolute atomic E-state index is 0. The summed E-state index contributed by atoms with van der Waals surface area (Å²) >= 11 is 0. The number of piperidine rings is 1. The van der Waals surface area contributed by atoms with Gasteiger partial charge in [-0.2, -0.15) is 0 Å². The van der Waals surface area contributed by atoms with Crippen LogP contribution in [0.3, 0.4) is 0 Å². The normalized spacial score (nSPS) is 20.1. The summed E-state index contributed by atoms with van der Waals surface area (Å²) in [6.45, 7) is 5.92. The van der Waals surface area contributed by atoms with Gasteiger partial charge in [0.25, 0.3) is 0 Å². The smallest absolute Gasteiger partial charge is 0.123 e. The molecular formula is C15H24ClFN2. The largest absolute Gasteiger partial charge is 0.330 e. The van der Waals surface area contributed by atoms with Crippen LogP contribution >= 0.6 is 12.4 Å². The van der Waals surface area contributed by atoms with Crippen molar-refractivity contribution in [2.75, 3.05) is 19.6 Å². The SMILES string of the molecule is Cc1ccc(F)cc1CN1CCCC(CCN)C1.Cl. The van der Waals surface area contributed by atoms with Gasteiger partial charge >= 0.3 is 0 Å². The molecule has 4 heteroatoms. The highest BCUT2D eigenvalue weighted by Crippen LogP contribution is 2.22. The second kappa shape index (κ2) is 7.83. The first-order chi connectivity index (χ1) is 8.69. The molecule has 1 saturated heterocycles. The summed E-state index contributed by atoms with van der Waals surface area (Å²) in [6, 6.07) is 5.07. The van der Waals surface area contributed by atoms with Crippen LogP contribution in [-0.4, -0.2) is 24.5 Å². The Morgan fingerprint density at radius 2 is 2.21 bits per heavy atom. The number of hydrogen-bond donors (Lipinski definition) is 1. The Hall–Kier alpha value is -0.640. The summed E-state index contributed by atoms with van der Waals surface area (Å²) in [5.41, 5.74) is 7.93. The van der Waals surface area contributed by atoms with Crippen molar-refractivity contribution in [3.63, 3.8) is 0 Å². The number of nitrogens with two attached hydrogens (primary N) is 1. The Morgan fingerprint density at radius 3 is 2.95 bits per heavy atom. The highest BCUT2D eigenvalue weighted by atomic mass is 35.5. The fraction of sp³-hybridized carbons (Fsp3) is 0.600. The molecule has 1 aromatic rings. The van der Waals surface area contributed by atoms with Gasteiger partial charge in [0.2, 0.25) is 0 Å². The van der Waals surface area contributed by atoms with Crippen molar-refractivity contribution in [1.29, 1.82) is 0 Å². The van der Waals surface area contributed by atoms with Gasteiger partial charge in [-0.25, -0.2) is 4.39 Å². The minimum atomic E-state index is -0.133. The molecule has 1 fully saturated rings. The predicted octanol–water partition coefficient (Wildman–Crippen LogP) is 3.12. The van der Waals surface area contributed by atoms with Gasteiger partial charge in [0, 0.05) is 13.1 Å². The number of likely N-dealkylation sites (tertiary alicyclic amines) is 1. The number of rotatable bonds is 4. The van der Waals surface area contributed by atoms with Gasteiger partial charge in [-0.3, -0.25) is 4.90 Å². The highest BCUT2D eigenvalue weighted by molar-refractivity contribution is 5.85. The molecule has 2 N–H and O–H groups in total. The second-order valence-corrected chi connectivity index (χ2v) is 5.39. The Balaban J connectivity index is 0.00000180. The predicted molar refractivity (Wildman–Crippen MR) is 80.1 cm³/mol. The molecule has 2 rings (SSSR count). The van der Waals surface area contributed by atoms with Gasteiger partial charge in [0.15, 0.2) is 0 Å². The molecule has 108 valence electrons. The van der Waals surface area contributed by atoms with E-state index in [9.17, 15) is 4.39 Å². The van der Waals surface area contributed by atoms with E-state index < -0.39 is 0 Å². The van der Waals surface area contributed by atoms with E-state index in [1.807, 2.05) is 6.07 Å².